The number of allylic oxidation sites excluding steroid dienone is 1. The van der Waals surface area contributed by atoms with Crippen molar-refractivity contribution in [3.8, 4) is 0 Å². The Hall–Kier alpha value is -3.14. The quantitative estimate of drug-likeness (QED) is 0.209. The summed E-state index contributed by atoms with van der Waals surface area (Å²) in [5, 5.41) is 12.6. The van der Waals surface area contributed by atoms with Crippen molar-refractivity contribution < 1.29 is 0 Å². The molecule has 0 bridgehead atoms. The van der Waals surface area contributed by atoms with E-state index in [1.807, 2.05) is 12.1 Å². The summed E-state index contributed by atoms with van der Waals surface area (Å²) in [5.41, 5.74) is 5.37. The molecule has 4 nitrogen and oxygen atoms in total. The van der Waals surface area contributed by atoms with Crippen molar-refractivity contribution in [1.29, 1.82) is 0 Å². The SMILES string of the molecule is C=C(CNC(=C)C(NC(=C)CCCCCCn1c(=C)ccc1=C)C(C)C)Nc1ccc(CC(C)C)cc1. The highest BCUT2D eigenvalue weighted by Crippen LogP contribution is 2.16. The number of anilines is 1. The molecule has 4 heteroatoms. The Morgan fingerprint density at radius 3 is 2.03 bits per heavy atom. The van der Waals surface area contributed by atoms with Crippen molar-refractivity contribution in [3.63, 3.8) is 0 Å². The molecule has 1 atom stereocenters. The highest BCUT2D eigenvalue weighted by atomic mass is 15.0. The van der Waals surface area contributed by atoms with Gasteiger partial charge in [0.25, 0.3) is 0 Å². The number of unbranched alkanes of at least 4 members (excludes halogenated alkanes) is 3. The van der Waals surface area contributed by atoms with E-state index in [9.17, 15) is 0 Å². The number of hydrogen-bond acceptors (Lipinski definition) is 3. The Labute approximate surface area is 226 Å². The molecule has 0 saturated heterocycles. The average Bonchev–Trinajstić information content (AvgIpc) is 3.16. The van der Waals surface area contributed by atoms with Crippen LogP contribution in [0.1, 0.15) is 65.4 Å². The lowest BCUT2D eigenvalue weighted by Crippen LogP contribution is -2.40. The zero-order chi connectivity index (χ0) is 27.4. The molecule has 37 heavy (non-hydrogen) atoms. The standard InChI is InChI=1S/C33H50N4/c1-24(2)22-31-17-19-32(20-18-31)35-27(6)23-34-30(9)33(25(3)4)36-26(5)14-12-10-11-13-21-37-28(7)15-16-29(37)8/h15-20,24-25,33-36H,5-14,21-23H2,1-4H3. The van der Waals surface area contributed by atoms with Crippen LogP contribution in [0.3, 0.4) is 0 Å². The molecule has 0 aliphatic carbocycles. The van der Waals surface area contributed by atoms with E-state index in [2.05, 4.69) is 105 Å². The summed E-state index contributed by atoms with van der Waals surface area (Å²) < 4.78 is 2.19. The molecule has 2 rings (SSSR count). The van der Waals surface area contributed by atoms with E-state index in [1.54, 1.807) is 0 Å². The van der Waals surface area contributed by atoms with Crippen LogP contribution in [-0.2, 0) is 13.0 Å². The number of aromatic nitrogens is 1. The maximum Gasteiger partial charge on any atom is 0.0673 e. The normalized spacial score (nSPS) is 11.9. The minimum absolute atomic E-state index is 0.121. The second-order valence-electron chi connectivity index (χ2n) is 11.0. The summed E-state index contributed by atoms with van der Waals surface area (Å²) in [6.07, 6.45) is 6.74. The van der Waals surface area contributed by atoms with Crippen LogP contribution >= 0.6 is 0 Å². The van der Waals surface area contributed by atoms with Gasteiger partial charge in [-0.2, -0.15) is 0 Å². The zero-order valence-corrected chi connectivity index (χ0v) is 23.8. The van der Waals surface area contributed by atoms with Gasteiger partial charge >= 0.3 is 0 Å². The van der Waals surface area contributed by atoms with Gasteiger partial charge in [0.15, 0.2) is 0 Å². The molecule has 3 N–H and O–H groups in total. The van der Waals surface area contributed by atoms with Crippen molar-refractivity contribution in [2.75, 3.05) is 11.9 Å². The smallest absolute Gasteiger partial charge is 0.0673 e. The Morgan fingerprint density at radius 2 is 1.43 bits per heavy atom. The first-order valence-corrected chi connectivity index (χ1v) is 13.8. The van der Waals surface area contributed by atoms with Gasteiger partial charge in [-0.3, -0.25) is 0 Å². The Balaban J connectivity index is 1.69. The Kier molecular flexibility index (Phi) is 12.4. The topological polar surface area (TPSA) is 41.0 Å². The first-order chi connectivity index (χ1) is 17.6. The molecule has 0 radical (unpaired) electrons. The molecule has 0 aliphatic heterocycles. The van der Waals surface area contributed by atoms with Crippen molar-refractivity contribution >= 4 is 18.8 Å². The maximum absolute atomic E-state index is 4.31. The molecule has 0 saturated carbocycles. The van der Waals surface area contributed by atoms with E-state index >= 15 is 0 Å². The van der Waals surface area contributed by atoms with E-state index in [4.69, 9.17) is 0 Å². The highest BCUT2D eigenvalue weighted by molar-refractivity contribution is 5.49. The van der Waals surface area contributed by atoms with Crippen LogP contribution in [-0.4, -0.2) is 17.2 Å². The minimum atomic E-state index is 0.121. The lowest BCUT2D eigenvalue weighted by Gasteiger charge is -2.28. The fourth-order valence-corrected chi connectivity index (χ4v) is 4.53. The number of hydrogen-bond donors (Lipinski definition) is 3. The largest absolute Gasteiger partial charge is 0.382 e. The number of nitrogens with one attached hydrogen (secondary N) is 3. The molecular formula is C33H50N4. The van der Waals surface area contributed by atoms with Gasteiger partial charge < -0.3 is 20.5 Å². The zero-order valence-electron chi connectivity index (χ0n) is 23.8. The lowest BCUT2D eigenvalue weighted by molar-refractivity contribution is 0.452. The number of nitrogens with zero attached hydrogens (tertiary/aromatic N) is 1. The van der Waals surface area contributed by atoms with E-state index in [-0.39, 0.29) is 6.04 Å². The molecule has 202 valence electrons. The Bertz CT molecular complexity index is 1080. The molecule has 0 amide bonds. The maximum atomic E-state index is 4.31. The third-order valence-corrected chi connectivity index (χ3v) is 6.62. The minimum Gasteiger partial charge on any atom is -0.382 e. The summed E-state index contributed by atoms with van der Waals surface area (Å²) >= 11 is 0. The van der Waals surface area contributed by atoms with Gasteiger partial charge in [0.05, 0.1) is 12.6 Å². The summed E-state index contributed by atoms with van der Waals surface area (Å²) in [7, 11) is 0. The Morgan fingerprint density at radius 1 is 0.811 bits per heavy atom. The van der Waals surface area contributed by atoms with Crippen molar-refractivity contribution in [2.24, 2.45) is 11.8 Å². The molecule has 1 unspecified atom stereocenters. The highest BCUT2D eigenvalue weighted by Gasteiger charge is 2.17. The van der Waals surface area contributed by atoms with Gasteiger partial charge in [-0.25, -0.2) is 0 Å². The summed E-state index contributed by atoms with van der Waals surface area (Å²) in [4.78, 5) is 0. The van der Waals surface area contributed by atoms with Gasteiger partial charge in [0.2, 0.25) is 0 Å². The predicted molar refractivity (Wildman–Crippen MR) is 164 cm³/mol. The van der Waals surface area contributed by atoms with Crippen LogP contribution in [0.5, 0.6) is 0 Å². The first-order valence-electron chi connectivity index (χ1n) is 13.8. The lowest BCUT2D eigenvalue weighted by atomic mass is 10.0. The van der Waals surface area contributed by atoms with Crippen molar-refractivity contribution in [2.45, 2.75) is 78.8 Å². The molecular weight excluding hydrogens is 452 g/mol. The average molecular weight is 503 g/mol. The summed E-state index contributed by atoms with van der Waals surface area (Å²) in [6, 6.07) is 12.8. The summed E-state index contributed by atoms with van der Waals surface area (Å²) in [6.45, 7) is 31.4. The van der Waals surface area contributed by atoms with Crippen LogP contribution in [0.15, 0.2) is 73.2 Å². The molecule has 2 aromatic rings. The van der Waals surface area contributed by atoms with Crippen LogP contribution < -0.4 is 26.6 Å². The van der Waals surface area contributed by atoms with Gasteiger partial charge in [-0.1, -0.05) is 85.6 Å². The van der Waals surface area contributed by atoms with Crippen LogP contribution in [0, 0.1) is 11.8 Å². The van der Waals surface area contributed by atoms with Crippen LogP contribution in [0.25, 0.3) is 13.2 Å². The molecule has 0 fully saturated rings. The third-order valence-electron chi connectivity index (χ3n) is 6.62. The van der Waals surface area contributed by atoms with Crippen LogP contribution in [0.4, 0.5) is 5.69 Å². The van der Waals surface area contributed by atoms with Gasteiger partial charge in [-0.15, -0.1) is 0 Å². The van der Waals surface area contributed by atoms with Gasteiger partial charge in [0, 0.05) is 40.0 Å². The molecule has 1 aromatic heterocycles. The van der Waals surface area contributed by atoms with E-state index in [0.717, 1.165) is 65.7 Å². The van der Waals surface area contributed by atoms with Crippen LogP contribution in [0.2, 0.25) is 0 Å². The molecule has 1 heterocycles. The van der Waals surface area contributed by atoms with E-state index in [1.165, 1.54) is 18.4 Å². The summed E-state index contributed by atoms with van der Waals surface area (Å²) in [5.74, 6) is 1.05. The number of benzene rings is 1. The van der Waals surface area contributed by atoms with Gasteiger partial charge in [-0.05, 0) is 67.3 Å². The van der Waals surface area contributed by atoms with Crippen molar-refractivity contribution in [3.05, 3.63) is 89.5 Å². The fourth-order valence-electron chi connectivity index (χ4n) is 4.53. The van der Waals surface area contributed by atoms with Crippen molar-refractivity contribution in [1.82, 2.24) is 15.2 Å². The van der Waals surface area contributed by atoms with E-state index < -0.39 is 0 Å². The number of rotatable bonds is 18. The third kappa shape index (κ3) is 10.8. The fraction of sp³-hybridized carbons (Fsp3) is 0.455. The first kappa shape index (κ1) is 30.1. The molecule has 0 aliphatic rings. The van der Waals surface area contributed by atoms with E-state index in [0.29, 0.717) is 18.4 Å². The monoisotopic (exact) mass is 502 g/mol. The molecule has 0 spiro atoms. The second kappa shape index (κ2) is 15.2. The second-order valence-corrected chi connectivity index (χ2v) is 11.0. The predicted octanol–water partition coefficient (Wildman–Crippen LogP) is 6.31. The molecule has 1 aromatic carbocycles. The van der Waals surface area contributed by atoms with Gasteiger partial charge in [0.1, 0.15) is 0 Å².